The molecule has 31 heavy (non-hydrogen) atoms. The third-order valence-corrected chi connectivity index (χ3v) is 5.66. The van der Waals surface area contributed by atoms with Gasteiger partial charge in [-0.05, 0) is 59.7 Å². The number of aliphatic imine (C=N–C) groups is 1. The van der Waals surface area contributed by atoms with Crippen molar-refractivity contribution in [3.63, 3.8) is 0 Å². The second-order valence-electron chi connectivity index (χ2n) is 6.69. The third kappa shape index (κ3) is 4.36. The van der Waals surface area contributed by atoms with E-state index in [1.165, 1.54) is 36.0 Å². The molecule has 9 heteroatoms. The van der Waals surface area contributed by atoms with Gasteiger partial charge in [-0.1, -0.05) is 25.1 Å². The Balaban J connectivity index is 1.55. The van der Waals surface area contributed by atoms with Crippen molar-refractivity contribution < 1.29 is 18.7 Å². The van der Waals surface area contributed by atoms with Gasteiger partial charge in [0, 0.05) is 0 Å². The van der Waals surface area contributed by atoms with E-state index in [1.54, 1.807) is 36.4 Å². The van der Waals surface area contributed by atoms with Gasteiger partial charge in [-0.15, -0.1) is 0 Å². The Morgan fingerprint density at radius 2 is 1.97 bits per heavy atom. The van der Waals surface area contributed by atoms with Crippen LogP contribution in [0.15, 0.2) is 58.1 Å². The summed E-state index contributed by atoms with van der Waals surface area (Å²) >= 11 is 1.30. The van der Waals surface area contributed by atoms with Crippen LogP contribution >= 0.6 is 11.8 Å². The highest BCUT2D eigenvalue weighted by Gasteiger charge is 2.35. The summed E-state index contributed by atoms with van der Waals surface area (Å²) in [5.41, 5.74) is 1.62. The van der Waals surface area contributed by atoms with E-state index in [1.807, 2.05) is 6.92 Å². The molecule has 0 unspecified atom stereocenters. The lowest BCUT2D eigenvalue weighted by molar-refractivity contribution is -0.114. The highest BCUT2D eigenvalue weighted by molar-refractivity contribution is 8.26. The number of carbonyl (C=O) groups excluding carboxylic acids is 1. The minimum Gasteiger partial charge on any atom is -0.493 e. The highest BCUT2D eigenvalue weighted by atomic mass is 32.2. The molecule has 1 amide bonds. The number of rotatable bonds is 6. The molecule has 0 saturated heterocycles. The van der Waals surface area contributed by atoms with Crippen molar-refractivity contribution >= 4 is 39.8 Å². The van der Waals surface area contributed by atoms with Crippen LogP contribution < -0.4 is 9.47 Å². The standard InChI is InChI=1S/C22H19FN4O3S/c1-3-19-26-27-20(24)16(21(28)25-22(27)31-19)10-14-6-9-17(18(11-14)29-2)30-12-13-4-7-15(23)8-5-13/h4-11,24H,3,12H2,1-2H3/b16-10+,24-20?. The molecule has 0 aliphatic carbocycles. The van der Waals surface area contributed by atoms with E-state index in [9.17, 15) is 9.18 Å². The van der Waals surface area contributed by atoms with E-state index in [2.05, 4.69) is 10.1 Å². The van der Waals surface area contributed by atoms with Crippen molar-refractivity contribution in [3.05, 3.63) is 65.0 Å². The monoisotopic (exact) mass is 438 g/mol. The summed E-state index contributed by atoms with van der Waals surface area (Å²) in [4.78, 5) is 16.5. The molecule has 0 aromatic heterocycles. The number of ether oxygens (including phenoxy) is 2. The Morgan fingerprint density at radius 3 is 2.68 bits per heavy atom. The Kier molecular flexibility index (Phi) is 5.85. The second-order valence-corrected chi connectivity index (χ2v) is 7.73. The fourth-order valence-corrected chi connectivity index (χ4v) is 3.80. The number of thioether (sulfide) groups is 1. The number of halogens is 1. The van der Waals surface area contributed by atoms with E-state index >= 15 is 0 Å². The number of nitrogens with one attached hydrogen (secondary N) is 1. The summed E-state index contributed by atoms with van der Waals surface area (Å²) in [6, 6.07) is 11.3. The van der Waals surface area contributed by atoms with Gasteiger partial charge in [-0.2, -0.15) is 15.1 Å². The molecule has 0 fully saturated rings. The van der Waals surface area contributed by atoms with Gasteiger partial charge in [0.15, 0.2) is 17.3 Å². The fraction of sp³-hybridized carbons (Fsp3) is 0.182. The quantitative estimate of drug-likeness (QED) is 0.674. The number of amides is 1. The predicted octanol–water partition coefficient (Wildman–Crippen LogP) is 4.44. The van der Waals surface area contributed by atoms with Crippen LogP contribution in [0.25, 0.3) is 6.08 Å². The number of hydrazone groups is 1. The van der Waals surface area contributed by atoms with Crippen molar-refractivity contribution in [3.8, 4) is 11.5 Å². The Bertz CT molecular complexity index is 1140. The first-order chi connectivity index (χ1) is 15.0. The third-order valence-electron chi connectivity index (χ3n) is 4.61. The summed E-state index contributed by atoms with van der Waals surface area (Å²) < 4.78 is 24.3. The lowest BCUT2D eigenvalue weighted by Crippen LogP contribution is -2.35. The van der Waals surface area contributed by atoms with Gasteiger partial charge < -0.3 is 9.47 Å². The SMILES string of the molecule is CCC1=NN2C(=N)/C(=C\c3ccc(OCc4ccc(F)cc4)c(OC)c3)C(=O)N=C2S1. The van der Waals surface area contributed by atoms with Gasteiger partial charge in [0.1, 0.15) is 17.5 Å². The molecular formula is C22H19FN4O3S. The molecule has 0 saturated carbocycles. The normalized spacial score (nSPS) is 16.9. The number of hydrogen-bond donors (Lipinski definition) is 1. The topological polar surface area (TPSA) is 87.3 Å². The first-order valence-corrected chi connectivity index (χ1v) is 10.3. The number of carbonyl (C=O) groups is 1. The molecule has 2 heterocycles. The molecule has 0 spiro atoms. The maximum atomic E-state index is 13.0. The average molecular weight is 438 g/mol. The number of nitrogens with zero attached hydrogens (tertiary/aromatic N) is 3. The summed E-state index contributed by atoms with van der Waals surface area (Å²) in [7, 11) is 1.52. The molecule has 0 radical (unpaired) electrons. The second kappa shape index (κ2) is 8.73. The summed E-state index contributed by atoms with van der Waals surface area (Å²) in [6.07, 6.45) is 2.29. The molecule has 2 aromatic rings. The highest BCUT2D eigenvalue weighted by Crippen LogP contribution is 2.32. The number of hydrogen-bond acceptors (Lipinski definition) is 6. The molecule has 158 valence electrons. The van der Waals surface area contributed by atoms with Gasteiger partial charge in [0.2, 0.25) is 5.17 Å². The predicted molar refractivity (Wildman–Crippen MR) is 119 cm³/mol. The van der Waals surface area contributed by atoms with Crippen molar-refractivity contribution in [2.75, 3.05) is 7.11 Å². The van der Waals surface area contributed by atoms with Crippen LogP contribution in [0.5, 0.6) is 11.5 Å². The number of amidine groups is 2. The largest absolute Gasteiger partial charge is 0.493 e. The minimum absolute atomic E-state index is 0.0125. The van der Waals surface area contributed by atoms with E-state index < -0.39 is 5.91 Å². The van der Waals surface area contributed by atoms with Crippen molar-refractivity contribution in [1.29, 1.82) is 5.41 Å². The van der Waals surface area contributed by atoms with Crippen LogP contribution in [0, 0.1) is 11.2 Å². The summed E-state index contributed by atoms with van der Waals surface area (Å²) in [5.74, 6) is 0.182. The summed E-state index contributed by atoms with van der Waals surface area (Å²) in [5, 5.41) is 15.3. The molecule has 2 aliphatic rings. The van der Waals surface area contributed by atoms with Crippen molar-refractivity contribution in [2.24, 2.45) is 10.1 Å². The molecule has 0 bridgehead atoms. The van der Waals surface area contributed by atoms with Gasteiger partial charge >= 0.3 is 0 Å². The first kappa shape index (κ1) is 20.8. The van der Waals surface area contributed by atoms with E-state index in [-0.39, 0.29) is 23.8 Å². The number of benzene rings is 2. The van der Waals surface area contributed by atoms with E-state index in [0.717, 1.165) is 10.6 Å². The van der Waals surface area contributed by atoms with Crippen LogP contribution in [0.2, 0.25) is 0 Å². The zero-order valence-electron chi connectivity index (χ0n) is 16.9. The minimum atomic E-state index is -0.480. The molecule has 1 N–H and O–H groups in total. The van der Waals surface area contributed by atoms with E-state index in [4.69, 9.17) is 14.9 Å². The van der Waals surface area contributed by atoms with E-state index in [0.29, 0.717) is 28.7 Å². The zero-order valence-corrected chi connectivity index (χ0v) is 17.7. The molecule has 0 atom stereocenters. The molecule has 7 nitrogen and oxygen atoms in total. The van der Waals surface area contributed by atoms with Crippen molar-refractivity contribution in [2.45, 2.75) is 20.0 Å². The first-order valence-electron chi connectivity index (χ1n) is 9.53. The van der Waals surface area contributed by atoms with Crippen LogP contribution in [-0.2, 0) is 11.4 Å². The smallest absolute Gasteiger partial charge is 0.283 e. The Morgan fingerprint density at radius 1 is 1.19 bits per heavy atom. The van der Waals surface area contributed by atoms with Gasteiger partial charge in [-0.3, -0.25) is 10.2 Å². The van der Waals surface area contributed by atoms with Crippen LogP contribution in [0.3, 0.4) is 0 Å². The molecular weight excluding hydrogens is 419 g/mol. The zero-order chi connectivity index (χ0) is 22.0. The fourth-order valence-electron chi connectivity index (χ4n) is 2.98. The summed E-state index contributed by atoms with van der Waals surface area (Å²) in [6.45, 7) is 2.21. The number of methoxy groups -OCH3 is 1. The van der Waals surface area contributed by atoms with Gasteiger partial charge in [0.05, 0.1) is 12.7 Å². The Labute approximate surface area is 182 Å². The molecule has 2 aliphatic heterocycles. The number of fused-ring (bicyclic) bond motifs is 1. The lowest BCUT2D eigenvalue weighted by Gasteiger charge is -2.20. The van der Waals surface area contributed by atoms with Crippen LogP contribution in [-0.4, -0.2) is 34.1 Å². The van der Waals surface area contributed by atoms with Gasteiger partial charge in [0.25, 0.3) is 5.91 Å². The van der Waals surface area contributed by atoms with Crippen LogP contribution in [0.1, 0.15) is 24.5 Å². The maximum absolute atomic E-state index is 13.0. The van der Waals surface area contributed by atoms with Crippen LogP contribution in [0.4, 0.5) is 4.39 Å². The maximum Gasteiger partial charge on any atom is 0.283 e. The molecule has 2 aromatic carbocycles. The Hall–Kier alpha value is -3.46. The van der Waals surface area contributed by atoms with Gasteiger partial charge in [-0.25, -0.2) is 4.39 Å². The lowest BCUT2D eigenvalue weighted by atomic mass is 10.1. The average Bonchev–Trinajstić information content (AvgIpc) is 3.20. The van der Waals surface area contributed by atoms with Crippen molar-refractivity contribution in [1.82, 2.24) is 5.01 Å². The molecule has 4 rings (SSSR count).